The van der Waals surface area contributed by atoms with Crippen LogP contribution in [0.4, 0.5) is 0 Å². The number of hydrogen-bond donors (Lipinski definition) is 1. The molecule has 0 radical (unpaired) electrons. The van der Waals surface area contributed by atoms with Crippen molar-refractivity contribution in [1.29, 1.82) is 0 Å². The summed E-state index contributed by atoms with van der Waals surface area (Å²) in [6.07, 6.45) is 2.00. The van der Waals surface area contributed by atoms with Crippen LogP contribution in [-0.4, -0.2) is 44.2 Å². The first-order valence-corrected chi connectivity index (χ1v) is 11.0. The molecule has 0 spiro atoms. The Morgan fingerprint density at radius 3 is 2.97 bits per heavy atom. The van der Waals surface area contributed by atoms with Crippen molar-refractivity contribution in [1.82, 2.24) is 5.32 Å². The maximum atomic E-state index is 12.5. The molecule has 2 aliphatic rings. The highest BCUT2D eigenvalue weighted by atomic mass is 35.5. The van der Waals surface area contributed by atoms with E-state index in [9.17, 15) is 4.79 Å². The lowest BCUT2D eigenvalue weighted by Gasteiger charge is -2.15. The second-order valence-corrected chi connectivity index (χ2v) is 8.80. The van der Waals surface area contributed by atoms with E-state index >= 15 is 0 Å². The Hall–Kier alpha value is -2.29. The van der Waals surface area contributed by atoms with Gasteiger partial charge < -0.3 is 24.4 Å². The normalized spacial score (nSPS) is 20.5. The summed E-state index contributed by atoms with van der Waals surface area (Å²) in [6, 6.07) is 9.29. The summed E-state index contributed by atoms with van der Waals surface area (Å²) < 4.78 is 17.6. The molecule has 1 aromatic carbocycles. The minimum Gasteiger partial charge on any atom is -0.493 e. The first kappa shape index (κ1) is 21.0. The van der Waals surface area contributed by atoms with Crippen molar-refractivity contribution in [3.05, 3.63) is 45.1 Å². The van der Waals surface area contributed by atoms with Crippen LogP contribution in [0.25, 0.3) is 0 Å². The van der Waals surface area contributed by atoms with Gasteiger partial charge in [-0.15, -0.1) is 11.3 Å². The van der Waals surface area contributed by atoms with Crippen molar-refractivity contribution in [2.45, 2.75) is 38.0 Å². The molecule has 1 saturated heterocycles. The highest BCUT2D eigenvalue weighted by Gasteiger charge is 2.29. The Morgan fingerprint density at radius 2 is 2.23 bits per heavy atom. The number of benzene rings is 1. The summed E-state index contributed by atoms with van der Waals surface area (Å²) in [5.41, 5.74) is 1.63. The molecular formula is C21H23ClN2O5S. The fourth-order valence-corrected chi connectivity index (χ4v) is 4.37. The summed E-state index contributed by atoms with van der Waals surface area (Å²) in [6.45, 7) is 1.65. The number of hydrogen-bond acceptors (Lipinski definition) is 7. The van der Waals surface area contributed by atoms with Crippen LogP contribution < -0.4 is 14.8 Å². The first-order valence-electron chi connectivity index (χ1n) is 9.80. The van der Waals surface area contributed by atoms with Crippen molar-refractivity contribution in [2.24, 2.45) is 5.16 Å². The SMILES string of the molecule is COc1cc(CNC(=O)C2CC(c3ccc(Cl)s3)=NO2)ccc1OCC1CCCO1. The second kappa shape index (κ2) is 9.68. The maximum absolute atomic E-state index is 12.5. The zero-order chi connectivity index (χ0) is 20.9. The van der Waals surface area contributed by atoms with Gasteiger partial charge in [0.25, 0.3) is 5.91 Å². The van der Waals surface area contributed by atoms with E-state index in [0.29, 0.717) is 35.4 Å². The zero-order valence-corrected chi connectivity index (χ0v) is 18.1. The van der Waals surface area contributed by atoms with Crippen LogP contribution >= 0.6 is 22.9 Å². The largest absolute Gasteiger partial charge is 0.493 e. The predicted molar refractivity (Wildman–Crippen MR) is 115 cm³/mol. The van der Waals surface area contributed by atoms with Gasteiger partial charge in [-0.2, -0.15) is 0 Å². The molecular weight excluding hydrogens is 428 g/mol. The first-order chi connectivity index (χ1) is 14.6. The molecule has 9 heteroatoms. The zero-order valence-electron chi connectivity index (χ0n) is 16.6. The lowest BCUT2D eigenvalue weighted by molar-refractivity contribution is -0.131. The third kappa shape index (κ3) is 5.06. The van der Waals surface area contributed by atoms with E-state index in [1.807, 2.05) is 24.3 Å². The van der Waals surface area contributed by atoms with Crippen molar-refractivity contribution in [3.63, 3.8) is 0 Å². The van der Waals surface area contributed by atoms with Gasteiger partial charge in [0.05, 0.1) is 22.4 Å². The van der Waals surface area contributed by atoms with Crippen LogP contribution in [0.3, 0.4) is 0 Å². The lowest BCUT2D eigenvalue weighted by Crippen LogP contribution is -2.34. The summed E-state index contributed by atoms with van der Waals surface area (Å²) in [5.74, 6) is 1.07. The molecule has 1 aromatic heterocycles. The summed E-state index contributed by atoms with van der Waals surface area (Å²) >= 11 is 7.38. The predicted octanol–water partition coefficient (Wildman–Crippen LogP) is 3.78. The third-order valence-electron chi connectivity index (χ3n) is 4.96. The number of methoxy groups -OCH3 is 1. The van der Waals surface area contributed by atoms with Gasteiger partial charge in [0, 0.05) is 19.6 Å². The minimum absolute atomic E-state index is 0.136. The topological polar surface area (TPSA) is 78.4 Å². The van der Waals surface area contributed by atoms with Crippen molar-refractivity contribution >= 4 is 34.6 Å². The Kier molecular flexibility index (Phi) is 6.76. The van der Waals surface area contributed by atoms with Crippen LogP contribution in [0.15, 0.2) is 35.5 Å². The molecule has 30 heavy (non-hydrogen) atoms. The van der Waals surface area contributed by atoms with E-state index in [0.717, 1.165) is 35.6 Å². The highest BCUT2D eigenvalue weighted by Crippen LogP contribution is 2.29. The number of amides is 1. The van der Waals surface area contributed by atoms with E-state index in [2.05, 4.69) is 10.5 Å². The standard InChI is InChI=1S/C21H23ClN2O5S/c1-26-17-9-13(4-5-16(17)28-12-14-3-2-8-27-14)11-23-21(25)18-10-15(24-29-18)19-6-7-20(22)30-19/h4-7,9,14,18H,2-3,8,10-12H2,1H3,(H,23,25). The van der Waals surface area contributed by atoms with Gasteiger partial charge in [0.15, 0.2) is 11.5 Å². The summed E-state index contributed by atoms with van der Waals surface area (Å²) in [4.78, 5) is 18.7. The molecule has 0 aliphatic carbocycles. The van der Waals surface area contributed by atoms with Gasteiger partial charge in [-0.3, -0.25) is 4.79 Å². The molecule has 1 amide bonds. The number of oxime groups is 1. The van der Waals surface area contributed by atoms with Gasteiger partial charge >= 0.3 is 0 Å². The monoisotopic (exact) mass is 450 g/mol. The number of ether oxygens (including phenoxy) is 3. The number of carbonyl (C=O) groups excluding carboxylic acids is 1. The van der Waals surface area contributed by atoms with E-state index in [1.54, 1.807) is 13.2 Å². The molecule has 1 N–H and O–H groups in total. The summed E-state index contributed by atoms with van der Waals surface area (Å²) in [7, 11) is 1.60. The van der Waals surface area contributed by atoms with E-state index in [4.69, 9.17) is 30.6 Å². The Balaban J connectivity index is 1.28. The molecule has 0 saturated carbocycles. The summed E-state index contributed by atoms with van der Waals surface area (Å²) in [5, 5.41) is 6.92. The van der Waals surface area contributed by atoms with E-state index in [1.165, 1.54) is 11.3 Å². The quantitative estimate of drug-likeness (QED) is 0.662. The molecule has 2 atom stereocenters. The Labute approximate surface area is 183 Å². The average Bonchev–Trinajstić information content (AvgIpc) is 3.52. The van der Waals surface area contributed by atoms with Crippen LogP contribution in [0, 0.1) is 0 Å². The molecule has 160 valence electrons. The van der Waals surface area contributed by atoms with Gasteiger partial charge in [-0.05, 0) is 42.7 Å². The molecule has 2 unspecified atom stereocenters. The molecule has 2 aromatic rings. The van der Waals surface area contributed by atoms with Crippen molar-refractivity contribution in [2.75, 3.05) is 20.3 Å². The van der Waals surface area contributed by atoms with Gasteiger partial charge in [0.1, 0.15) is 12.3 Å². The lowest BCUT2D eigenvalue weighted by atomic mass is 10.1. The fourth-order valence-electron chi connectivity index (χ4n) is 3.34. The average molecular weight is 451 g/mol. The van der Waals surface area contributed by atoms with Crippen molar-refractivity contribution < 1.29 is 23.8 Å². The molecule has 0 bridgehead atoms. The maximum Gasteiger partial charge on any atom is 0.264 e. The Morgan fingerprint density at radius 1 is 1.33 bits per heavy atom. The van der Waals surface area contributed by atoms with Crippen LogP contribution in [-0.2, 0) is 20.9 Å². The molecule has 1 fully saturated rings. The number of thiophene rings is 1. The molecule has 2 aliphatic heterocycles. The number of nitrogens with one attached hydrogen (secondary N) is 1. The number of nitrogens with zero attached hydrogens (tertiary/aromatic N) is 1. The highest BCUT2D eigenvalue weighted by molar-refractivity contribution is 7.18. The van der Waals surface area contributed by atoms with Crippen LogP contribution in [0.2, 0.25) is 4.34 Å². The molecule has 3 heterocycles. The second-order valence-electron chi connectivity index (χ2n) is 7.09. The van der Waals surface area contributed by atoms with Gasteiger partial charge in [0.2, 0.25) is 6.10 Å². The van der Waals surface area contributed by atoms with Gasteiger partial charge in [-0.25, -0.2) is 0 Å². The number of carbonyl (C=O) groups is 1. The third-order valence-corrected chi connectivity index (χ3v) is 6.24. The minimum atomic E-state index is -0.642. The number of rotatable bonds is 8. The van der Waals surface area contributed by atoms with Gasteiger partial charge in [-0.1, -0.05) is 22.8 Å². The number of halogens is 1. The molecule has 7 nitrogen and oxygen atoms in total. The van der Waals surface area contributed by atoms with Crippen LogP contribution in [0.1, 0.15) is 29.7 Å². The Bertz CT molecular complexity index is 926. The van der Waals surface area contributed by atoms with Crippen molar-refractivity contribution in [3.8, 4) is 11.5 Å². The smallest absolute Gasteiger partial charge is 0.264 e. The fraction of sp³-hybridized carbons (Fsp3) is 0.429. The van der Waals surface area contributed by atoms with E-state index < -0.39 is 6.10 Å². The van der Waals surface area contributed by atoms with Crippen LogP contribution in [0.5, 0.6) is 11.5 Å². The molecule has 4 rings (SSSR count). The van der Waals surface area contributed by atoms with E-state index in [-0.39, 0.29) is 12.0 Å².